The van der Waals surface area contributed by atoms with Crippen LogP contribution in [0.25, 0.3) is 0 Å². The lowest BCUT2D eigenvalue weighted by Gasteiger charge is -2.32. The summed E-state index contributed by atoms with van der Waals surface area (Å²) in [6, 6.07) is 5.12. The molecule has 0 radical (unpaired) electrons. The molecule has 17 heavy (non-hydrogen) atoms. The molecule has 5 heteroatoms. The van der Waals surface area contributed by atoms with E-state index in [1.165, 1.54) is 7.11 Å². The number of carbonyl (C=O) groups is 1. The molecule has 1 saturated heterocycles. The van der Waals surface area contributed by atoms with Gasteiger partial charge < -0.3 is 9.47 Å². The molecular weight excluding hydrogens is 220 g/mol. The Morgan fingerprint density at radius 2 is 2.24 bits per heavy atom. The third kappa shape index (κ3) is 2.81. The fraction of sp³-hybridized carbons (Fsp3) is 0.500. The van der Waals surface area contributed by atoms with Crippen LogP contribution in [0.3, 0.4) is 0 Å². The molecule has 1 aliphatic heterocycles. The van der Waals surface area contributed by atoms with E-state index in [2.05, 4.69) is 4.98 Å². The summed E-state index contributed by atoms with van der Waals surface area (Å²) < 4.78 is 10.1. The summed E-state index contributed by atoms with van der Waals surface area (Å²) in [6.07, 6.45) is 1.69. The number of aromatic nitrogens is 1. The van der Waals surface area contributed by atoms with Gasteiger partial charge in [-0.05, 0) is 12.1 Å². The minimum absolute atomic E-state index is 0.273. The Labute approximate surface area is 100 Å². The van der Waals surface area contributed by atoms with Gasteiger partial charge in [-0.3, -0.25) is 9.88 Å². The average Bonchev–Trinajstić information content (AvgIpc) is 2.41. The second kappa shape index (κ2) is 5.75. The number of methoxy groups -OCH3 is 1. The molecule has 2 rings (SSSR count). The van der Waals surface area contributed by atoms with Gasteiger partial charge in [0.2, 0.25) is 0 Å². The molecule has 1 aliphatic rings. The van der Waals surface area contributed by atoms with Gasteiger partial charge in [-0.25, -0.2) is 4.79 Å². The van der Waals surface area contributed by atoms with Crippen LogP contribution in [0, 0.1) is 0 Å². The zero-order valence-corrected chi connectivity index (χ0v) is 9.83. The Bertz CT molecular complexity index is 363. The lowest BCUT2D eigenvalue weighted by Crippen LogP contribution is -2.42. The molecule has 1 aromatic rings. The van der Waals surface area contributed by atoms with Gasteiger partial charge in [0, 0.05) is 19.3 Å². The molecule has 5 nitrogen and oxygen atoms in total. The van der Waals surface area contributed by atoms with Gasteiger partial charge in [-0.2, -0.15) is 0 Å². The van der Waals surface area contributed by atoms with E-state index >= 15 is 0 Å². The molecule has 1 unspecified atom stereocenters. The first-order valence-corrected chi connectivity index (χ1v) is 5.63. The molecule has 0 amide bonds. The van der Waals surface area contributed by atoms with E-state index in [1.807, 2.05) is 23.1 Å². The molecule has 1 fully saturated rings. The fourth-order valence-corrected chi connectivity index (χ4v) is 1.94. The van der Waals surface area contributed by atoms with Gasteiger partial charge in [-0.1, -0.05) is 6.07 Å². The molecule has 0 saturated carbocycles. The first-order valence-electron chi connectivity index (χ1n) is 5.63. The number of carbonyl (C=O) groups excluding carboxylic acids is 1. The van der Waals surface area contributed by atoms with Crippen LogP contribution in [0.4, 0.5) is 0 Å². The standard InChI is InChI=1S/C12H16N2O3/c1-16-12(15)11(10-4-2-3-5-13-10)14-6-8-17-9-7-14/h2-5,11H,6-9H2,1H3. The molecule has 0 aromatic carbocycles. The number of ether oxygens (including phenoxy) is 2. The van der Waals surface area contributed by atoms with Crippen molar-refractivity contribution in [2.24, 2.45) is 0 Å². The Balaban J connectivity index is 2.21. The van der Waals surface area contributed by atoms with Crippen LogP contribution in [-0.2, 0) is 14.3 Å². The highest BCUT2D eigenvalue weighted by Gasteiger charge is 2.30. The van der Waals surface area contributed by atoms with E-state index in [1.54, 1.807) is 6.20 Å². The predicted molar refractivity (Wildman–Crippen MR) is 61.4 cm³/mol. The smallest absolute Gasteiger partial charge is 0.329 e. The summed E-state index contributed by atoms with van der Waals surface area (Å²) >= 11 is 0. The summed E-state index contributed by atoms with van der Waals surface area (Å²) in [5.74, 6) is -0.273. The second-order valence-corrected chi connectivity index (χ2v) is 3.83. The van der Waals surface area contributed by atoms with Gasteiger partial charge in [0.05, 0.1) is 26.0 Å². The highest BCUT2D eigenvalue weighted by molar-refractivity contribution is 5.76. The molecule has 1 aromatic heterocycles. The Morgan fingerprint density at radius 3 is 2.82 bits per heavy atom. The van der Waals surface area contributed by atoms with Crippen molar-refractivity contribution in [3.8, 4) is 0 Å². The van der Waals surface area contributed by atoms with Crippen molar-refractivity contribution in [3.05, 3.63) is 30.1 Å². The predicted octanol–water partition coefficient (Wildman–Crippen LogP) is 0.628. The second-order valence-electron chi connectivity index (χ2n) is 3.83. The normalized spacial score (nSPS) is 18.6. The van der Waals surface area contributed by atoms with Crippen molar-refractivity contribution >= 4 is 5.97 Å². The van der Waals surface area contributed by atoms with Crippen molar-refractivity contribution < 1.29 is 14.3 Å². The van der Waals surface area contributed by atoms with Gasteiger partial charge in [-0.15, -0.1) is 0 Å². The highest BCUT2D eigenvalue weighted by atomic mass is 16.5. The molecular formula is C12H16N2O3. The number of hydrogen-bond acceptors (Lipinski definition) is 5. The summed E-state index contributed by atoms with van der Waals surface area (Å²) in [4.78, 5) is 18.1. The van der Waals surface area contributed by atoms with Gasteiger partial charge in [0.25, 0.3) is 0 Å². The molecule has 1 atom stereocenters. The van der Waals surface area contributed by atoms with E-state index in [0.717, 1.165) is 18.8 Å². The lowest BCUT2D eigenvalue weighted by atomic mass is 10.1. The number of nitrogens with zero attached hydrogens (tertiary/aromatic N) is 2. The number of rotatable bonds is 3. The monoisotopic (exact) mass is 236 g/mol. The summed E-state index contributed by atoms with van der Waals surface area (Å²) in [7, 11) is 1.40. The Morgan fingerprint density at radius 1 is 1.47 bits per heavy atom. The van der Waals surface area contributed by atoms with Crippen LogP contribution in [0.5, 0.6) is 0 Å². The van der Waals surface area contributed by atoms with Gasteiger partial charge >= 0.3 is 5.97 Å². The first kappa shape index (κ1) is 12.0. The van der Waals surface area contributed by atoms with Crippen molar-refractivity contribution in [2.75, 3.05) is 33.4 Å². The average molecular weight is 236 g/mol. The third-order valence-electron chi connectivity index (χ3n) is 2.80. The fourth-order valence-electron chi connectivity index (χ4n) is 1.94. The molecule has 0 spiro atoms. The molecule has 92 valence electrons. The Kier molecular flexibility index (Phi) is 4.06. The Hall–Kier alpha value is -1.46. The summed E-state index contributed by atoms with van der Waals surface area (Å²) in [5, 5.41) is 0. The molecule has 0 aliphatic carbocycles. The van der Waals surface area contributed by atoms with Gasteiger partial charge in [0.15, 0.2) is 6.04 Å². The van der Waals surface area contributed by atoms with Crippen LogP contribution in [0.2, 0.25) is 0 Å². The zero-order valence-electron chi connectivity index (χ0n) is 9.83. The van der Waals surface area contributed by atoms with Gasteiger partial charge in [0.1, 0.15) is 0 Å². The molecule has 0 bridgehead atoms. The lowest BCUT2D eigenvalue weighted by molar-refractivity contribution is -0.149. The maximum absolute atomic E-state index is 11.9. The highest BCUT2D eigenvalue weighted by Crippen LogP contribution is 2.21. The van der Waals surface area contributed by atoms with Crippen LogP contribution >= 0.6 is 0 Å². The first-order chi connectivity index (χ1) is 8.33. The van der Waals surface area contributed by atoms with E-state index in [9.17, 15) is 4.79 Å². The number of morpholine rings is 1. The van der Waals surface area contributed by atoms with Crippen LogP contribution in [0.1, 0.15) is 11.7 Å². The summed E-state index contributed by atoms with van der Waals surface area (Å²) in [5.41, 5.74) is 0.723. The minimum Gasteiger partial charge on any atom is -0.468 e. The zero-order chi connectivity index (χ0) is 12.1. The van der Waals surface area contributed by atoms with Crippen LogP contribution in [-0.4, -0.2) is 49.3 Å². The van der Waals surface area contributed by atoms with Crippen LogP contribution in [0.15, 0.2) is 24.4 Å². The summed E-state index contributed by atoms with van der Waals surface area (Å²) in [6.45, 7) is 2.72. The third-order valence-corrected chi connectivity index (χ3v) is 2.80. The SMILES string of the molecule is COC(=O)C(c1ccccn1)N1CCOCC1. The topological polar surface area (TPSA) is 51.7 Å². The number of hydrogen-bond donors (Lipinski definition) is 0. The number of pyridine rings is 1. The maximum Gasteiger partial charge on any atom is 0.329 e. The van der Waals surface area contributed by atoms with E-state index in [0.29, 0.717) is 13.2 Å². The van der Waals surface area contributed by atoms with Crippen molar-refractivity contribution in [1.29, 1.82) is 0 Å². The quantitative estimate of drug-likeness (QED) is 0.720. The number of esters is 1. The minimum atomic E-state index is -0.426. The van der Waals surface area contributed by atoms with E-state index in [4.69, 9.17) is 9.47 Å². The van der Waals surface area contributed by atoms with E-state index in [-0.39, 0.29) is 5.97 Å². The molecule has 2 heterocycles. The largest absolute Gasteiger partial charge is 0.468 e. The van der Waals surface area contributed by atoms with E-state index < -0.39 is 6.04 Å². The van der Waals surface area contributed by atoms with Crippen LogP contribution < -0.4 is 0 Å². The van der Waals surface area contributed by atoms with Crippen molar-refractivity contribution in [1.82, 2.24) is 9.88 Å². The maximum atomic E-state index is 11.9. The van der Waals surface area contributed by atoms with Crippen molar-refractivity contribution in [3.63, 3.8) is 0 Å². The van der Waals surface area contributed by atoms with Crippen molar-refractivity contribution in [2.45, 2.75) is 6.04 Å². The molecule has 0 N–H and O–H groups in total.